The van der Waals surface area contributed by atoms with Gasteiger partial charge in [-0.1, -0.05) is 185 Å². The van der Waals surface area contributed by atoms with Gasteiger partial charge in [0.2, 0.25) is 0 Å². The number of carbonyl (C=O) groups is 2. The zero-order valence-electron chi connectivity index (χ0n) is 37.2. The summed E-state index contributed by atoms with van der Waals surface area (Å²) in [5.41, 5.74) is 0. The number of allylic oxidation sites excluding steroid dienone is 6. The molecule has 334 valence electrons. The molecule has 0 aromatic rings. The van der Waals surface area contributed by atoms with Crippen molar-refractivity contribution in [2.24, 2.45) is 0 Å². The maximum absolute atomic E-state index is 12.5. The highest BCUT2D eigenvalue weighted by molar-refractivity contribution is 7.47. The lowest BCUT2D eigenvalue weighted by molar-refractivity contribution is -0.161. The van der Waals surface area contributed by atoms with E-state index in [0.29, 0.717) is 6.42 Å². The number of rotatable bonds is 44. The summed E-state index contributed by atoms with van der Waals surface area (Å²) in [5.74, 6) is -0.807. The predicted octanol–water partition coefficient (Wildman–Crippen LogP) is 15.2. The molecule has 0 saturated carbocycles. The van der Waals surface area contributed by atoms with Crippen LogP contribution in [0.3, 0.4) is 0 Å². The van der Waals surface area contributed by atoms with Crippen molar-refractivity contribution in [1.29, 1.82) is 0 Å². The van der Waals surface area contributed by atoms with Crippen molar-refractivity contribution >= 4 is 19.8 Å². The highest BCUT2D eigenvalue weighted by atomic mass is 31.2. The van der Waals surface area contributed by atoms with E-state index in [4.69, 9.17) is 14.0 Å². The van der Waals surface area contributed by atoms with Crippen molar-refractivity contribution in [3.05, 3.63) is 36.5 Å². The molecule has 57 heavy (non-hydrogen) atoms. The quantitative estimate of drug-likeness (QED) is 0.0280. The van der Waals surface area contributed by atoms with E-state index >= 15 is 0 Å². The SMILES string of the molecule is CCCCCCC/C=C\C/C=C\CCCCCCCCCCCC(=O)OC(COC(=O)CCCCCCCCC/C=C\CCCCCCCC)COP(=O)(O)OC. The average molecular weight is 825 g/mol. The first-order chi connectivity index (χ1) is 27.8. The van der Waals surface area contributed by atoms with Crippen molar-refractivity contribution in [2.75, 3.05) is 20.3 Å². The summed E-state index contributed by atoms with van der Waals surface area (Å²) in [4.78, 5) is 34.6. The molecule has 2 atom stereocenters. The Hall–Kier alpha value is -1.73. The Morgan fingerprint density at radius 1 is 0.491 bits per heavy atom. The van der Waals surface area contributed by atoms with Crippen molar-refractivity contribution in [2.45, 2.75) is 238 Å². The Bertz CT molecular complexity index is 1030. The van der Waals surface area contributed by atoms with Gasteiger partial charge in [-0.15, -0.1) is 0 Å². The molecular weight excluding hydrogens is 735 g/mol. The van der Waals surface area contributed by atoms with Crippen LogP contribution in [0.4, 0.5) is 0 Å². The van der Waals surface area contributed by atoms with E-state index in [1.165, 1.54) is 154 Å². The second kappa shape index (κ2) is 43.8. The molecule has 0 amide bonds. The molecule has 0 radical (unpaired) electrons. The minimum atomic E-state index is -4.27. The fourth-order valence-corrected chi connectivity index (χ4v) is 7.14. The van der Waals surface area contributed by atoms with E-state index in [0.717, 1.165) is 52.1 Å². The first-order valence-corrected chi connectivity index (χ1v) is 25.2. The zero-order chi connectivity index (χ0) is 41.8. The van der Waals surface area contributed by atoms with Crippen molar-refractivity contribution < 1.29 is 37.6 Å². The second-order valence-electron chi connectivity index (χ2n) is 15.9. The van der Waals surface area contributed by atoms with E-state index in [9.17, 15) is 19.0 Å². The van der Waals surface area contributed by atoms with Gasteiger partial charge in [0, 0.05) is 20.0 Å². The number of hydrogen-bond acceptors (Lipinski definition) is 7. The maximum Gasteiger partial charge on any atom is 0.472 e. The Morgan fingerprint density at radius 2 is 0.842 bits per heavy atom. The molecule has 8 nitrogen and oxygen atoms in total. The highest BCUT2D eigenvalue weighted by Gasteiger charge is 2.24. The Balaban J connectivity index is 3.95. The van der Waals surface area contributed by atoms with Crippen LogP contribution in [0.25, 0.3) is 0 Å². The molecule has 0 aromatic heterocycles. The minimum Gasteiger partial charge on any atom is -0.462 e. The molecular formula is C48H89O8P. The van der Waals surface area contributed by atoms with Crippen LogP contribution in [-0.4, -0.2) is 43.3 Å². The molecule has 2 unspecified atom stereocenters. The Kier molecular flexibility index (Phi) is 42.5. The third-order valence-electron chi connectivity index (χ3n) is 10.4. The van der Waals surface area contributed by atoms with Gasteiger partial charge in [-0.3, -0.25) is 18.6 Å². The third kappa shape index (κ3) is 43.7. The summed E-state index contributed by atoms with van der Waals surface area (Å²) in [6, 6.07) is 0. The van der Waals surface area contributed by atoms with Crippen LogP contribution in [0.1, 0.15) is 232 Å². The fourth-order valence-electron chi connectivity index (χ4n) is 6.68. The standard InChI is InChI=1S/C48H89O8P/c1-4-6-8-10-12-14-16-18-20-22-23-24-25-27-29-31-33-35-37-39-41-43-48(50)56-46(45-55-57(51,52)53-3)44-54-47(49)42-40-38-36-34-32-30-28-26-21-19-17-15-13-11-9-7-5-2/h16,18-19,21-23,46H,4-15,17,20,24-45H2,1-3H3,(H,51,52)/b18-16-,21-19-,23-22-. The highest BCUT2D eigenvalue weighted by Crippen LogP contribution is 2.42. The lowest BCUT2D eigenvalue weighted by Crippen LogP contribution is -2.29. The zero-order valence-corrected chi connectivity index (χ0v) is 38.1. The largest absolute Gasteiger partial charge is 0.472 e. The van der Waals surface area contributed by atoms with Gasteiger partial charge in [-0.05, 0) is 70.6 Å². The van der Waals surface area contributed by atoms with Gasteiger partial charge < -0.3 is 14.4 Å². The number of phosphoric ester groups is 1. The Morgan fingerprint density at radius 3 is 1.25 bits per heavy atom. The van der Waals surface area contributed by atoms with Crippen LogP contribution in [0.5, 0.6) is 0 Å². The van der Waals surface area contributed by atoms with Gasteiger partial charge in [0.05, 0.1) is 6.61 Å². The molecule has 0 heterocycles. The Labute approximate surface area is 351 Å². The van der Waals surface area contributed by atoms with Crippen LogP contribution in [0.15, 0.2) is 36.5 Å². The van der Waals surface area contributed by atoms with Gasteiger partial charge in [0.15, 0.2) is 6.10 Å². The second-order valence-corrected chi connectivity index (χ2v) is 17.4. The molecule has 1 N–H and O–H groups in total. The van der Waals surface area contributed by atoms with Crippen LogP contribution >= 0.6 is 7.82 Å². The molecule has 0 bridgehead atoms. The van der Waals surface area contributed by atoms with Gasteiger partial charge >= 0.3 is 19.8 Å². The number of ether oxygens (including phenoxy) is 2. The average Bonchev–Trinajstić information content (AvgIpc) is 3.20. The molecule has 0 spiro atoms. The molecule has 9 heteroatoms. The van der Waals surface area contributed by atoms with Crippen LogP contribution in [0.2, 0.25) is 0 Å². The van der Waals surface area contributed by atoms with E-state index in [2.05, 4.69) is 54.8 Å². The smallest absolute Gasteiger partial charge is 0.462 e. The summed E-state index contributed by atoms with van der Waals surface area (Å²) >= 11 is 0. The van der Waals surface area contributed by atoms with E-state index in [-0.39, 0.29) is 25.4 Å². The molecule has 0 aliphatic carbocycles. The van der Waals surface area contributed by atoms with Crippen LogP contribution in [-0.2, 0) is 32.7 Å². The summed E-state index contributed by atoms with van der Waals surface area (Å²) in [5, 5.41) is 0. The number of unbranched alkanes of at least 4 members (excludes halogenated alkanes) is 27. The van der Waals surface area contributed by atoms with E-state index in [1.807, 2.05) is 0 Å². The molecule has 0 aromatic carbocycles. The molecule has 0 rings (SSSR count). The topological polar surface area (TPSA) is 108 Å². The number of carbonyl (C=O) groups excluding carboxylic acids is 2. The minimum absolute atomic E-state index is 0.228. The fraction of sp³-hybridized carbons (Fsp3) is 0.833. The summed E-state index contributed by atoms with van der Waals surface area (Å²) in [6.45, 7) is 3.89. The predicted molar refractivity (Wildman–Crippen MR) is 239 cm³/mol. The van der Waals surface area contributed by atoms with Gasteiger partial charge in [0.25, 0.3) is 0 Å². The maximum atomic E-state index is 12.5. The van der Waals surface area contributed by atoms with Crippen molar-refractivity contribution in [3.63, 3.8) is 0 Å². The monoisotopic (exact) mass is 825 g/mol. The van der Waals surface area contributed by atoms with Crippen LogP contribution < -0.4 is 0 Å². The lowest BCUT2D eigenvalue weighted by atomic mass is 10.1. The van der Waals surface area contributed by atoms with Crippen molar-refractivity contribution in [3.8, 4) is 0 Å². The molecule has 0 aliphatic rings. The third-order valence-corrected chi connectivity index (χ3v) is 11.3. The van der Waals surface area contributed by atoms with Crippen LogP contribution in [0, 0.1) is 0 Å². The number of esters is 2. The number of hydrogen-bond donors (Lipinski definition) is 1. The van der Waals surface area contributed by atoms with Gasteiger partial charge in [-0.25, -0.2) is 4.57 Å². The summed E-state index contributed by atoms with van der Waals surface area (Å²) in [6.07, 6.45) is 52.0. The lowest BCUT2D eigenvalue weighted by Gasteiger charge is -2.19. The molecule has 0 fully saturated rings. The molecule has 0 aliphatic heterocycles. The van der Waals surface area contributed by atoms with E-state index in [1.54, 1.807) is 0 Å². The summed E-state index contributed by atoms with van der Waals surface area (Å²) in [7, 11) is -3.20. The normalized spacial score (nSPS) is 13.5. The number of phosphoric acid groups is 1. The summed E-state index contributed by atoms with van der Waals surface area (Å²) < 4.78 is 32.1. The first-order valence-electron chi connectivity index (χ1n) is 23.7. The van der Waals surface area contributed by atoms with Gasteiger partial charge in [-0.2, -0.15) is 0 Å². The molecule has 0 saturated heterocycles. The van der Waals surface area contributed by atoms with Gasteiger partial charge in [0.1, 0.15) is 6.61 Å². The van der Waals surface area contributed by atoms with E-state index < -0.39 is 26.5 Å². The first kappa shape index (κ1) is 55.3. The van der Waals surface area contributed by atoms with Crippen molar-refractivity contribution in [1.82, 2.24) is 0 Å².